The molecule has 31 heavy (non-hydrogen) atoms. The van der Waals surface area contributed by atoms with Crippen molar-refractivity contribution in [1.29, 1.82) is 0 Å². The molecule has 0 aliphatic heterocycles. The van der Waals surface area contributed by atoms with Crippen LogP contribution in [0.5, 0.6) is 0 Å². The van der Waals surface area contributed by atoms with Crippen LogP contribution < -0.4 is 0 Å². The van der Waals surface area contributed by atoms with E-state index in [0.29, 0.717) is 12.0 Å². The van der Waals surface area contributed by atoms with Crippen molar-refractivity contribution >= 4 is 11.9 Å². The Morgan fingerprint density at radius 2 is 0.935 bits per heavy atom. The molecule has 0 radical (unpaired) electrons. The van der Waals surface area contributed by atoms with Gasteiger partial charge < -0.3 is 9.47 Å². The summed E-state index contributed by atoms with van der Waals surface area (Å²) in [5.74, 6) is -0.651. The summed E-state index contributed by atoms with van der Waals surface area (Å²) in [7, 11) is 0. The highest BCUT2D eigenvalue weighted by atomic mass is 16.6. The Morgan fingerprint density at radius 3 is 1.32 bits per heavy atom. The maximum atomic E-state index is 11.6. The minimum Gasteiger partial charge on any atom is -0.462 e. The van der Waals surface area contributed by atoms with Gasteiger partial charge in [0.05, 0.1) is 0 Å². The van der Waals surface area contributed by atoms with Gasteiger partial charge in [0.15, 0.2) is 0 Å². The van der Waals surface area contributed by atoms with Crippen LogP contribution in [0, 0.1) is 0 Å². The van der Waals surface area contributed by atoms with Crippen molar-refractivity contribution in [2.24, 2.45) is 0 Å². The van der Waals surface area contributed by atoms with Crippen molar-refractivity contribution < 1.29 is 19.1 Å². The molecule has 0 spiro atoms. The molecule has 4 nitrogen and oxygen atoms in total. The van der Waals surface area contributed by atoms with E-state index >= 15 is 0 Å². The second-order valence-corrected chi connectivity index (χ2v) is 8.90. The summed E-state index contributed by atoms with van der Waals surface area (Å²) in [6.07, 6.45) is 24.5. The molecule has 0 aromatic heterocycles. The average molecular weight is 439 g/mol. The van der Waals surface area contributed by atoms with Crippen LogP contribution in [0.4, 0.5) is 0 Å². The summed E-state index contributed by atoms with van der Waals surface area (Å²) in [4.78, 5) is 22.8. The Morgan fingerprint density at radius 1 is 0.581 bits per heavy atom. The van der Waals surface area contributed by atoms with E-state index in [0.717, 1.165) is 12.8 Å². The number of hydrogen-bond acceptors (Lipinski definition) is 4. The number of ether oxygens (including phenoxy) is 2. The fraction of sp³-hybridized carbons (Fsp3) is 0.852. The van der Waals surface area contributed by atoms with Crippen LogP contribution in [0.3, 0.4) is 0 Å². The van der Waals surface area contributed by atoms with E-state index in [1.54, 1.807) is 6.92 Å². The lowest BCUT2D eigenvalue weighted by atomic mass is 10.0. The third-order valence-electron chi connectivity index (χ3n) is 5.66. The van der Waals surface area contributed by atoms with Gasteiger partial charge in [-0.3, -0.25) is 4.79 Å². The Hall–Kier alpha value is -1.32. The summed E-state index contributed by atoms with van der Waals surface area (Å²) < 4.78 is 9.94. The van der Waals surface area contributed by atoms with Crippen LogP contribution in [0.15, 0.2) is 12.2 Å². The molecule has 0 saturated heterocycles. The van der Waals surface area contributed by atoms with Crippen molar-refractivity contribution in [2.45, 2.75) is 136 Å². The van der Waals surface area contributed by atoms with E-state index in [1.165, 1.54) is 103 Å². The van der Waals surface area contributed by atoms with Gasteiger partial charge in [-0.1, -0.05) is 123 Å². The lowest BCUT2D eigenvalue weighted by Gasteiger charge is -2.06. The summed E-state index contributed by atoms with van der Waals surface area (Å²) in [5.41, 5.74) is 0.352. The second-order valence-electron chi connectivity index (χ2n) is 8.90. The van der Waals surface area contributed by atoms with Crippen LogP contribution >= 0.6 is 0 Å². The number of unbranched alkanes of at least 4 members (excludes halogenated alkanes) is 17. The molecule has 0 rings (SSSR count). The number of hydrogen-bond donors (Lipinski definition) is 0. The maximum absolute atomic E-state index is 11.6. The number of carbonyl (C=O) groups excluding carboxylic acids is 2. The van der Waals surface area contributed by atoms with Crippen LogP contribution in [0.25, 0.3) is 0 Å². The summed E-state index contributed by atoms with van der Waals surface area (Å²) >= 11 is 0. The molecule has 0 atom stereocenters. The zero-order chi connectivity index (χ0) is 23.0. The number of rotatable bonds is 23. The Bertz CT molecular complexity index is 445. The van der Waals surface area contributed by atoms with Crippen molar-refractivity contribution in [3.05, 3.63) is 12.2 Å². The largest absolute Gasteiger partial charge is 0.462 e. The third-order valence-corrected chi connectivity index (χ3v) is 5.66. The van der Waals surface area contributed by atoms with Gasteiger partial charge in [-0.25, -0.2) is 4.79 Å². The quantitative estimate of drug-likeness (QED) is 0.0919. The number of carbonyl (C=O) groups is 2. The molecule has 0 heterocycles. The Balaban J connectivity index is 3.18. The van der Waals surface area contributed by atoms with Gasteiger partial charge in [-0.15, -0.1) is 0 Å². The molecule has 0 N–H and O–H groups in total. The monoisotopic (exact) mass is 438 g/mol. The standard InChI is InChI=1S/C27H50O4/c1-4-5-6-7-8-9-10-11-12-13-14-15-16-17-18-19-20-21-22-26(28)30-23-24-31-27(29)25(2)3/h2,4-24H2,1,3H3. The summed E-state index contributed by atoms with van der Waals surface area (Å²) in [5, 5.41) is 0. The van der Waals surface area contributed by atoms with Gasteiger partial charge in [-0.2, -0.15) is 0 Å². The van der Waals surface area contributed by atoms with Gasteiger partial charge in [0, 0.05) is 12.0 Å². The van der Waals surface area contributed by atoms with Crippen LogP contribution in [0.2, 0.25) is 0 Å². The highest BCUT2D eigenvalue weighted by Gasteiger charge is 2.05. The fourth-order valence-corrected chi connectivity index (χ4v) is 3.66. The van der Waals surface area contributed by atoms with E-state index < -0.39 is 5.97 Å². The van der Waals surface area contributed by atoms with Crippen molar-refractivity contribution in [2.75, 3.05) is 13.2 Å². The number of esters is 2. The molecule has 0 aliphatic carbocycles. The molecule has 0 unspecified atom stereocenters. The zero-order valence-electron chi connectivity index (χ0n) is 20.7. The van der Waals surface area contributed by atoms with E-state index in [2.05, 4.69) is 13.5 Å². The van der Waals surface area contributed by atoms with Crippen LogP contribution in [0.1, 0.15) is 136 Å². The van der Waals surface area contributed by atoms with Gasteiger partial charge in [0.25, 0.3) is 0 Å². The molecule has 0 bridgehead atoms. The molecular formula is C27H50O4. The minimum atomic E-state index is -0.445. The first-order valence-corrected chi connectivity index (χ1v) is 13.1. The van der Waals surface area contributed by atoms with Crippen LogP contribution in [-0.4, -0.2) is 25.2 Å². The highest BCUT2D eigenvalue weighted by molar-refractivity contribution is 5.86. The molecule has 0 amide bonds. The SMILES string of the molecule is C=C(C)C(=O)OCCOC(=O)CCCCCCCCCCCCCCCCCCCC. The Kier molecular flexibility index (Phi) is 22.4. The molecular weight excluding hydrogens is 388 g/mol. The van der Waals surface area contributed by atoms with Gasteiger partial charge in [-0.05, 0) is 13.3 Å². The first-order valence-electron chi connectivity index (χ1n) is 13.1. The first kappa shape index (κ1) is 29.7. The van der Waals surface area contributed by atoms with Crippen molar-refractivity contribution in [3.8, 4) is 0 Å². The smallest absolute Gasteiger partial charge is 0.333 e. The van der Waals surface area contributed by atoms with E-state index in [4.69, 9.17) is 9.47 Å². The van der Waals surface area contributed by atoms with Crippen LogP contribution in [-0.2, 0) is 19.1 Å². The summed E-state index contributed by atoms with van der Waals surface area (Å²) in [6, 6.07) is 0. The molecule has 0 aliphatic rings. The maximum Gasteiger partial charge on any atom is 0.333 e. The summed E-state index contributed by atoms with van der Waals surface area (Å²) in [6.45, 7) is 7.58. The average Bonchev–Trinajstić information content (AvgIpc) is 2.75. The second kappa shape index (κ2) is 23.3. The predicted molar refractivity (Wildman–Crippen MR) is 130 cm³/mol. The highest BCUT2D eigenvalue weighted by Crippen LogP contribution is 2.14. The topological polar surface area (TPSA) is 52.6 Å². The van der Waals surface area contributed by atoms with Crippen molar-refractivity contribution in [3.63, 3.8) is 0 Å². The normalized spacial score (nSPS) is 10.8. The minimum absolute atomic E-state index is 0.0938. The molecule has 4 heteroatoms. The molecule has 182 valence electrons. The van der Waals surface area contributed by atoms with E-state index in [1.807, 2.05) is 0 Å². The fourth-order valence-electron chi connectivity index (χ4n) is 3.66. The third kappa shape index (κ3) is 23.2. The van der Waals surface area contributed by atoms with E-state index in [9.17, 15) is 9.59 Å². The molecule has 0 aromatic carbocycles. The predicted octanol–water partition coefficient (Wildman–Crippen LogP) is 8.08. The molecule has 0 aromatic rings. The Labute approximate surface area is 192 Å². The molecule has 0 fully saturated rings. The van der Waals surface area contributed by atoms with Gasteiger partial charge in [0.1, 0.15) is 13.2 Å². The molecule has 0 saturated carbocycles. The van der Waals surface area contributed by atoms with Crippen molar-refractivity contribution in [1.82, 2.24) is 0 Å². The lowest BCUT2D eigenvalue weighted by molar-refractivity contribution is -0.150. The zero-order valence-corrected chi connectivity index (χ0v) is 20.7. The van der Waals surface area contributed by atoms with Gasteiger partial charge >= 0.3 is 11.9 Å². The first-order chi connectivity index (χ1) is 15.1. The lowest BCUT2D eigenvalue weighted by Crippen LogP contribution is -2.14. The van der Waals surface area contributed by atoms with E-state index in [-0.39, 0.29) is 19.2 Å². The van der Waals surface area contributed by atoms with Gasteiger partial charge in [0.2, 0.25) is 0 Å².